The third-order valence-corrected chi connectivity index (χ3v) is 2.46. The summed E-state index contributed by atoms with van der Waals surface area (Å²) in [7, 11) is 3.39. The predicted octanol–water partition coefficient (Wildman–Crippen LogP) is 1.83. The summed E-state index contributed by atoms with van der Waals surface area (Å²) in [6.45, 7) is 3.89. The Kier molecular flexibility index (Phi) is 3.77. The lowest BCUT2D eigenvalue weighted by Gasteiger charge is -2.19. The second kappa shape index (κ2) is 4.88. The standard InChI is InChI=1S/C12H17NO3/c1-8-5-10(13(3)7-11(14)15)6-9(2)12(8)16-4/h5-6H,7H2,1-4H3,(H,14,15). The molecule has 0 fully saturated rings. The van der Waals surface area contributed by atoms with Crippen LogP contribution in [0.5, 0.6) is 5.75 Å². The van der Waals surface area contributed by atoms with Crippen LogP contribution in [0.2, 0.25) is 0 Å². The summed E-state index contributed by atoms with van der Waals surface area (Å²) in [5, 5.41) is 8.72. The van der Waals surface area contributed by atoms with Crippen LogP contribution in [0, 0.1) is 13.8 Å². The van der Waals surface area contributed by atoms with Gasteiger partial charge in [-0.25, -0.2) is 0 Å². The van der Waals surface area contributed by atoms with Crippen LogP contribution in [-0.2, 0) is 4.79 Å². The van der Waals surface area contributed by atoms with Gasteiger partial charge in [0.05, 0.1) is 7.11 Å². The molecule has 0 radical (unpaired) electrons. The summed E-state index contributed by atoms with van der Waals surface area (Å²) in [5.74, 6) is 0.0149. The number of hydrogen-bond acceptors (Lipinski definition) is 3. The third-order valence-electron chi connectivity index (χ3n) is 2.46. The number of carbonyl (C=O) groups is 1. The molecule has 0 atom stereocenters. The van der Waals surface area contributed by atoms with E-state index in [2.05, 4.69) is 0 Å². The van der Waals surface area contributed by atoms with E-state index < -0.39 is 5.97 Å². The number of anilines is 1. The van der Waals surface area contributed by atoms with Gasteiger partial charge in [0, 0.05) is 12.7 Å². The second-order valence-electron chi connectivity index (χ2n) is 3.86. The molecule has 0 aliphatic carbocycles. The normalized spacial score (nSPS) is 10.0. The number of benzene rings is 1. The van der Waals surface area contributed by atoms with Crippen molar-refractivity contribution in [3.05, 3.63) is 23.3 Å². The molecule has 1 N–H and O–H groups in total. The van der Waals surface area contributed by atoms with E-state index in [0.717, 1.165) is 22.6 Å². The molecule has 4 heteroatoms. The first kappa shape index (κ1) is 12.4. The fraction of sp³-hybridized carbons (Fsp3) is 0.417. The Labute approximate surface area is 95.5 Å². The molecule has 4 nitrogen and oxygen atoms in total. The zero-order chi connectivity index (χ0) is 12.3. The predicted molar refractivity (Wildman–Crippen MR) is 63.4 cm³/mol. The topological polar surface area (TPSA) is 49.8 Å². The van der Waals surface area contributed by atoms with Crippen molar-refractivity contribution in [1.29, 1.82) is 0 Å². The van der Waals surface area contributed by atoms with Gasteiger partial charge in [0.1, 0.15) is 12.3 Å². The van der Waals surface area contributed by atoms with Gasteiger partial charge >= 0.3 is 5.97 Å². The smallest absolute Gasteiger partial charge is 0.323 e. The third kappa shape index (κ3) is 2.66. The molecule has 88 valence electrons. The first-order valence-corrected chi connectivity index (χ1v) is 5.04. The van der Waals surface area contributed by atoms with E-state index in [4.69, 9.17) is 9.84 Å². The summed E-state index contributed by atoms with van der Waals surface area (Å²) >= 11 is 0. The van der Waals surface area contributed by atoms with Gasteiger partial charge < -0.3 is 14.7 Å². The van der Waals surface area contributed by atoms with Gasteiger partial charge in [0.25, 0.3) is 0 Å². The first-order valence-electron chi connectivity index (χ1n) is 5.04. The van der Waals surface area contributed by atoms with Crippen molar-refractivity contribution in [1.82, 2.24) is 0 Å². The molecule has 1 rings (SSSR count). The zero-order valence-corrected chi connectivity index (χ0v) is 10.1. The van der Waals surface area contributed by atoms with Gasteiger partial charge in [-0.1, -0.05) is 0 Å². The number of ether oxygens (including phenoxy) is 1. The van der Waals surface area contributed by atoms with E-state index in [-0.39, 0.29) is 6.54 Å². The summed E-state index contributed by atoms with van der Waals surface area (Å²) in [6, 6.07) is 3.85. The second-order valence-corrected chi connectivity index (χ2v) is 3.86. The zero-order valence-electron chi connectivity index (χ0n) is 10.1. The average Bonchev–Trinajstić information content (AvgIpc) is 2.16. The van der Waals surface area contributed by atoms with Crippen molar-refractivity contribution in [3.63, 3.8) is 0 Å². The summed E-state index contributed by atoms with van der Waals surface area (Å²) in [6.07, 6.45) is 0. The molecule has 1 aromatic rings. The van der Waals surface area contributed by atoms with E-state index in [0.29, 0.717) is 0 Å². The molecule has 0 spiro atoms. The van der Waals surface area contributed by atoms with Crippen LogP contribution in [0.25, 0.3) is 0 Å². The molecule has 1 aromatic carbocycles. The minimum atomic E-state index is -0.839. The van der Waals surface area contributed by atoms with Crippen LogP contribution < -0.4 is 9.64 Å². The molecule has 0 aromatic heterocycles. The maximum Gasteiger partial charge on any atom is 0.323 e. The van der Waals surface area contributed by atoms with Crippen LogP contribution in [0.3, 0.4) is 0 Å². The van der Waals surface area contributed by atoms with Gasteiger partial charge in [-0.2, -0.15) is 0 Å². The number of aliphatic carboxylic acids is 1. The van der Waals surface area contributed by atoms with Crippen molar-refractivity contribution in [2.45, 2.75) is 13.8 Å². The molecule has 0 aliphatic rings. The highest BCUT2D eigenvalue weighted by molar-refractivity contribution is 5.74. The monoisotopic (exact) mass is 223 g/mol. The Hall–Kier alpha value is -1.71. The van der Waals surface area contributed by atoms with Crippen LogP contribution in [-0.4, -0.2) is 31.8 Å². The molecule has 16 heavy (non-hydrogen) atoms. The Morgan fingerprint density at radius 3 is 2.25 bits per heavy atom. The SMILES string of the molecule is COc1c(C)cc(N(C)CC(=O)O)cc1C. The lowest BCUT2D eigenvalue weighted by Crippen LogP contribution is -2.25. The van der Waals surface area contributed by atoms with Crippen molar-refractivity contribution >= 4 is 11.7 Å². The van der Waals surface area contributed by atoms with Gasteiger partial charge in [-0.05, 0) is 37.1 Å². The fourth-order valence-corrected chi connectivity index (χ4v) is 1.76. The Balaban J connectivity index is 3.03. The highest BCUT2D eigenvalue weighted by Crippen LogP contribution is 2.28. The number of hydrogen-bond donors (Lipinski definition) is 1. The highest BCUT2D eigenvalue weighted by atomic mass is 16.5. The molecule has 0 aliphatic heterocycles. The molecule has 0 amide bonds. The van der Waals surface area contributed by atoms with Crippen LogP contribution in [0.1, 0.15) is 11.1 Å². The van der Waals surface area contributed by atoms with Crippen LogP contribution >= 0.6 is 0 Å². The number of carboxylic acids is 1. The summed E-state index contributed by atoms with van der Waals surface area (Å²) < 4.78 is 5.26. The highest BCUT2D eigenvalue weighted by Gasteiger charge is 2.10. The number of methoxy groups -OCH3 is 1. The van der Waals surface area contributed by atoms with Gasteiger partial charge in [-0.3, -0.25) is 4.79 Å². The Morgan fingerprint density at radius 2 is 1.88 bits per heavy atom. The number of aryl methyl sites for hydroxylation is 2. The lowest BCUT2D eigenvalue weighted by molar-refractivity contribution is -0.135. The van der Waals surface area contributed by atoms with E-state index in [1.807, 2.05) is 26.0 Å². The van der Waals surface area contributed by atoms with Crippen LogP contribution in [0.15, 0.2) is 12.1 Å². The molecule has 0 saturated heterocycles. The van der Waals surface area contributed by atoms with Crippen molar-refractivity contribution < 1.29 is 14.6 Å². The molecule has 0 unspecified atom stereocenters. The number of rotatable bonds is 4. The maximum atomic E-state index is 10.6. The minimum Gasteiger partial charge on any atom is -0.496 e. The van der Waals surface area contributed by atoms with Gasteiger partial charge in [-0.15, -0.1) is 0 Å². The average molecular weight is 223 g/mol. The number of nitrogens with zero attached hydrogens (tertiary/aromatic N) is 1. The fourth-order valence-electron chi connectivity index (χ4n) is 1.76. The van der Waals surface area contributed by atoms with Crippen molar-refractivity contribution in [2.24, 2.45) is 0 Å². The van der Waals surface area contributed by atoms with Gasteiger partial charge in [0.15, 0.2) is 0 Å². The van der Waals surface area contributed by atoms with E-state index in [1.165, 1.54) is 0 Å². The van der Waals surface area contributed by atoms with E-state index in [9.17, 15) is 4.79 Å². The maximum absolute atomic E-state index is 10.6. The number of likely N-dealkylation sites (N-methyl/N-ethyl adjacent to an activating group) is 1. The largest absolute Gasteiger partial charge is 0.496 e. The van der Waals surface area contributed by atoms with E-state index >= 15 is 0 Å². The van der Waals surface area contributed by atoms with E-state index in [1.54, 1.807) is 19.1 Å². The van der Waals surface area contributed by atoms with Crippen molar-refractivity contribution in [2.75, 3.05) is 25.6 Å². The molecular formula is C12H17NO3. The lowest BCUT2D eigenvalue weighted by atomic mass is 10.1. The first-order chi connectivity index (χ1) is 7.45. The minimum absolute atomic E-state index is 0.00872. The molecule has 0 heterocycles. The Morgan fingerprint density at radius 1 is 1.38 bits per heavy atom. The van der Waals surface area contributed by atoms with Crippen LogP contribution in [0.4, 0.5) is 5.69 Å². The van der Waals surface area contributed by atoms with Crippen molar-refractivity contribution in [3.8, 4) is 5.75 Å². The molecule has 0 saturated carbocycles. The summed E-state index contributed by atoms with van der Waals surface area (Å²) in [5.41, 5.74) is 2.91. The summed E-state index contributed by atoms with van der Waals surface area (Å²) in [4.78, 5) is 12.3. The van der Waals surface area contributed by atoms with Gasteiger partial charge in [0.2, 0.25) is 0 Å². The molecule has 0 bridgehead atoms. The quantitative estimate of drug-likeness (QED) is 0.846. The Bertz CT molecular complexity index is 378. The molecular weight excluding hydrogens is 206 g/mol. The number of carboxylic acid groups (broad SMARTS) is 1.